The minimum absolute atomic E-state index is 0.0477. The number of nitrogens with one attached hydrogen (secondary N) is 4. The first-order valence-corrected chi connectivity index (χ1v) is 14.5. The summed E-state index contributed by atoms with van der Waals surface area (Å²) in [5, 5.41) is 18.2. The number of aromatic nitrogens is 4. The van der Waals surface area contributed by atoms with Crippen molar-refractivity contribution in [1.29, 1.82) is 0 Å². The number of benzene rings is 1. The normalized spacial score (nSPS) is 12.2. The molecule has 0 saturated carbocycles. The molecule has 1 atom stereocenters. The number of fused-ring (bicyclic) bond motifs is 1. The van der Waals surface area contributed by atoms with Crippen LogP contribution in [0.1, 0.15) is 75.9 Å². The van der Waals surface area contributed by atoms with Gasteiger partial charge in [-0.05, 0) is 71.2 Å². The Kier molecular flexibility index (Phi) is 11.6. The smallest absolute Gasteiger partial charge is 0.326 e. The summed E-state index contributed by atoms with van der Waals surface area (Å²) in [6.45, 7) is 8.25. The maximum Gasteiger partial charge on any atom is 0.326 e. The Morgan fingerprint density at radius 3 is 2.53 bits per heavy atom. The van der Waals surface area contributed by atoms with Gasteiger partial charge in [0.1, 0.15) is 6.04 Å². The van der Waals surface area contributed by atoms with Crippen LogP contribution in [0.2, 0.25) is 0 Å². The predicted octanol–water partition coefficient (Wildman–Crippen LogP) is 2.36. The molecule has 0 aliphatic carbocycles. The zero-order chi connectivity index (χ0) is 33.2. The molecule has 0 spiro atoms. The molecule has 7 N–H and O–H groups in total. The number of hydrogen-bond donors (Lipinski definition) is 6. The maximum atomic E-state index is 12.8. The number of nitrogens with two attached hydrogens (primary N) is 1. The van der Waals surface area contributed by atoms with Gasteiger partial charge in [-0.2, -0.15) is 4.98 Å². The van der Waals surface area contributed by atoms with Crippen LogP contribution < -0.4 is 27.2 Å². The van der Waals surface area contributed by atoms with Crippen LogP contribution in [0.4, 0.5) is 11.6 Å². The molecule has 2 amide bonds. The molecular weight excluding hydrogens is 580 g/mol. The fourth-order valence-corrected chi connectivity index (χ4v) is 4.34. The molecule has 3 aromatic rings. The molecule has 14 heteroatoms. The van der Waals surface area contributed by atoms with Gasteiger partial charge in [-0.3, -0.25) is 19.4 Å². The van der Waals surface area contributed by atoms with E-state index in [-0.39, 0.29) is 54.4 Å². The molecule has 1 unspecified atom stereocenters. The molecule has 2 heterocycles. The number of nitrogens with zero attached hydrogens (tertiary/aromatic N) is 3. The summed E-state index contributed by atoms with van der Waals surface area (Å²) < 4.78 is 5.83. The fraction of sp³-hybridized carbons (Fsp3) is 0.452. The second-order valence-electron chi connectivity index (χ2n) is 11.8. The molecule has 2 aromatic heterocycles. The molecule has 0 aliphatic rings. The fourth-order valence-electron chi connectivity index (χ4n) is 4.34. The van der Waals surface area contributed by atoms with E-state index in [0.29, 0.717) is 30.8 Å². The zero-order valence-corrected chi connectivity index (χ0v) is 25.9. The molecule has 14 nitrogen and oxygen atoms in total. The molecule has 0 radical (unpaired) electrons. The van der Waals surface area contributed by atoms with Gasteiger partial charge in [0.15, 0.2) is 11.2 Å². The monoisotopic (exact) mass is 620 g/mol. The van der Waals surface area contributed by atoms with Crippen molar-refractivity contribution in [2.45, 2.75) is 83.5 Å². The molecule has 3 rings (SSSR count). The third-order valence-electron chi connectivity index (χ3n) is 6.83. The SMILES string of the molecule is C#CCC(C)(C)OCCC(C)(C)NC(=O)CCCC(NC(=O)c1ccc(NCc2cnc3nc(N)[nH]c(=O)c3n2)cc1)C(=O)O. The summed E-state index contributed by atoms with van der Waals surface area (Å²) in [4.78, 5) is 63.9. The Balaban J connectivity index is 1.45. The van der Waals surface area contributed by atoms with E-state index in [0.717, 1.165) is 0 Å². The van der Waals surface area contributed by atoms with Crippen molar-refractivity contribution in [2.75, 3.05) is 17.7 Å². The van der Waals surface area contributed by atoms with E-state index in [4.69, 9.17) is 16.9 Å². The number of rotatable bonds is 16. The topological polar surface area (TPSA) is 214 Å². The first kappa shape index (κ1) is 34.5. The number of aliphatic carboxylic acids is 1. The highest BCUT2D eigenvalue weighted by molar-refractivity contribution is 5.96. The Bertz CT molecular complexity index is 1610. The summed E-state index contributed by atoms with van der Waals surface area (Å²) in [5.41, 5.74) is 5.66. The van der Waals surface area contributed by atoms with Gasteiger partial charge in [-0.25, -0.2) is 14.8 Å². The van der Waals surface area contributed by atoms with Crippen LogP contribution in [0.15, 0.2) is 35.3 Å². The van der Waals surface area contributed by atoms with Gasteiger partial charge in [0, 0.05) is 36.2 Å². The molecule has 0 aliphatic heterocycles. The number of ether oxygens (including phenoxy) is 1. The van der Waals surface area contributed by atoms with E-state index in [1.54, 1.807) is 24.3 Å². The number of terminal acetylenes is 1. The van der Waals surface area contributed by atoms with Gasteiger partial charge in [0.05, 0.1) is 24.0 Å². The van der Waals surface area contributed by atoms with Crippen molar-refractivity contribution in [1.82, 2.24) is 30.6 Å². The second-order valence-corrected chi connectivity index (χ2v) is 11.8. The number of aromatic amines is 1. The van der Waals surface area contributed by atoms with Crippen molar-refractivity contribution in [2.24, 2.45) is 0 Å². The molecular formula is C31H40N8O6. The highest BCUT2D eigenvalue weighted by Crippen LogP contribution is 2.17. The lowest BCUT2D eigenvalue weighted by atomic mass is 9.99. The number of carboxylic acids is 1. The van der Waals surface area contributed by atoms with Crippen molar-refractivity contribution in [3.63, 3.8) is 0 Å². The van der Waals surface area contributed by atoms with Crippen molar-refractivity contribution >= 4 is 40.6 Å². The molecule has 240 valence electrons. The summed E-state index contributed by atoms with van der Waals surface area (Å²) in [5.74, 6) is 0.571. The minimum Gasteiger partial charge on any atom is -0.480 e. The van der Waals surface area contributed by atoms with Gasteiger partial charge in [-0.1, -0.05) is 0 Å². The third kappa shape index (κ3) is 10.9. The van der Waals surface area contributed by atoms with Gasteiger partial charge >= 0.3 is 5.97 Å². The van der Waals surface area contributed by atoms with Gasteiger partial charge in [0.2, 0.25) is 11.9 Å². The number of carbonyl (C=O) groups excluding carboxylic acids is 2. The number of amides is 2. The Hall–Kier alpha value is -5.03. The Morgan fingerprint density at radius 1 is 1.16 bits per heavy atom. The molecule has 45 heavy (non-hydrogen) atoms. The van der Waals surface area contributed by atoms with Crippen LogP contribution in [0.25, 0.3) is 11.2 Å². The van der Waals surface area contributed by atoms with Crippen LogP contribution >= 0.6 is 0 Å². The standard InChI is InChI=1S/C31H40N8O6/c1-6-14-31(4,5)45-16-15-30(2,3)39-23(40)9-7-8-22(28(43)44)36-26(41)19-10-12-20(13-11-19)33-17-21-18-34-25-24(35-21)27(42)38-29(32)37-25/h1,10-13,18,22,33H,7-9,14-17H2,2-5H3,(H,36,41)(H,39,40)(H,43,44)(H3,32,34,37,38,42). The maximum absolute atomic E-state index is 12.8. The van der Waals surface area contributed by atoms with E-state index < -0.39 is 34.6 Å². The van der Waals surface area contributed by atoms with Crippen LogP contribution in [0.3, 0.4) is 0 Å². The van der Waals surface area contributed by atoms with Crippen LogP contribution in [0, 0.1) is 12.3 Å². The highest BCUT2D eigenvalue weighted by atomic mass is 16.5. The molecule has 0 saturated heterocycles. The average Bonchev–Trinajstić information content (AvgIpc) is 2.95. The van der Waals surface area contributed by atoms with Gasteiger partial charge in [0.25, 0.3) is 11.5 Å². The lowest BCUT2D eigenvalue weighted by Crippen LogP contribution is -2.45. The van der Waals surface area contributed by atoms with Crippen molar-refractivity contribution in [3.05, 3.63) is 52.1 Å². The first-order valence-electron chi connectivity index (χ1n) is 14.5. The number of nitrogen functional groups attached to an aromatic ring is 1. The third-order valence-corrected chi connectivity index (χ3v) is 6.83. The van der Waals surface area contributed by atoms with E-state index >= 15 is 0 Å². The lowest BCUT2D eigenvalue weighted by molar-refractivity contribution is -0.139. The summed E-state index contributed by atoms with van der Waals surface area (Å²) in [6, 6.07) is 5.24. The largest absolute Gasteiger partial charge is 0.480 e. The quantitative estimate of drug-likeness (QED) is 0.128. The first-order chi connectivity index (χ1) is 21.2. The number of H-pyrrole nitrogens is 1. The van der Waals surface area contributed by atoms with Crippen LogP contribution in [0.5, 0.6) is 0 Å². The van der Waals surface area contributed by atoms with Crippen molar-refractivity contribution in [3.8, 4) is 12.3 Å². The molecule has 0 bridgehead atoms. The number of carboxylic acid groups (broad SMARTS) is 1. The number of anilines is 2. The molecule has 0 fully saturated rings. The van der Waals surface area contributed by atoms with E-state index in [2.05, 4.69) is 41.8 Å². The van der Waals surface area contributed by atoms with Gasteiger partial charge < -0.3 is 31.5 Å². The molecule has 1 aromatic carbocycles. The zero-order valence-electron chi connectivity index (χ0n) is 25.9. The van der Waals surface area contributed by atoms with Crippen LogP contribution in [-0.4, -0.2) is 66.6 Å². The summed E-state index contributed by atoms with van der Waals surface area (Å²) in [7, 11) is 0. The van der Waals surface area contributed by atoms with E-state index in [9.17, 15) is 24.3 Å². The van der Waals surface area contributed by atoms with E-state index in [1.807, 2.05) is 27.7 Å². The second kappa shape index (κ2) is 15.1. The Labute approximate surface area is 261 Å². The summed E-state index contributed by atoms with van der Waals surface area (Å²) in [6.07, 6.45) is 8.34. The minimum atomic E-state index is -1.19. The number of hydrogen-bond acceptors (Lipinski definition) is 10. The Morgan fingerprint density at radius 2 is 1.87 bits per heavy atom. The van der Waals surface area contributed by atoms with Crippen molar-refractivity contribution < 1.29 is 24.2 Å². The average molecular weight is 621 g/mol. The predicted molar refractivity (Wildman–Crippen MR) is 169 cm³/mol. The highest BCUT2D eigenvalue weighted by Gasteiger charge is 2.25. The summed E-state index contributed by atoms with van der Waals surface area (Å²) >= 11 is 0. The van der Waals surface area contributed by atoms with Gasteiger partial charge in [-0.15, -0.1) is 12.3 Å². The number of carbonyl (C=O) groups is 3. The van der Waals surface area contributed by atoms with Crippen LogP contribution in [-0.2, 0) is 20.9 Å². The van der Waals surface area contributed by atoms with E-state index in [1.165, 1.54) is 6.20 Å². The lowest BCUT2D eigenvalue weighted by Gasteiger charge is -2.29.